The number of fused-ring (bicyclic) bond motifs is 1. The van der Waals surface area contributed by atoms with Crippen molar-refractivity contribution in [2.45, 2.75) is 70.0 Å². The number of ether oxygens (including phenoxy) is 1. The van der Waals surface area contributed by atoms with Gasteiger partial charge < -0.3 is 15.0 Å². The standard InChI is InChI=1S/C27H35N3O6S/c1-5-19(3)28-26(32)23(6-2)29(18-20-11-9-12-21(17-20)36-4)25(31)15-10-16-30-27(33)22-13-7-8-14-24(22)37(30,34)35/h7-9,11-14,17,19,23H,5-6,10,15-16,18H2,1-4H3,(H,28,32)/t19-,23+/m1/s1. The lowest BCUT2D eigenvalue weighted by Crippen LogP contribution is -2.50. The third kappa shape index (κ3) is 6.30. The topological polar surface area (TPSA) is 113 Å². The minimum atomic E-state index is -3.94. The molecule has 1 N–H and O–H groups in total. The van der Waals surface area contributed by atoms with E-state index >= 15 is 0 Å². The molecule has 0 saturated carbocycles. The molecule has 2 atom stereocenters. The number of carbonyl (C=O) groups excluding carboxylic acids is 3. The van der Waals surface area contributed by atoms with Gasteiger partial charge in [-0.25, -0.2) is 12.7 Å². The zero-order valence-electron chi connectivity index (χ0n) is 21.8. The molecule has 200 valence electrons. The quantitative estimate of drug-likeness (QED) is 0.451. The molecule has 9 nitrogen and oxygen atoms in total. The number of carbonyl (C=O) groups is 3. The first-order valence-corrected chi connectivity index (χ1v) is 14.0. The molecule has 1 heterocycles. The van der Waals surface area contributed by atoms with Crippen LogP contribution in [-0.2, 0) is 26.2 Å². The van der Waals surface area contributed by atoms with Gasteiger partial charge in [0.25, 0.3) is 15.9 Å². The van der Waals surface area contributed by atoms with E-state index in [1.54, 1.807) is 25.3 Å². The second-order valence-electron chi connectivity index (χ2n) is 9.10. The van der Waals surface area contributed by atoms with Crippen LogP contribution in [0.15, 0.2) is 53.4 Å². The molecule has 0 aliphatic carbocycles. The lowest BCUT2D eigenvalue weighted by atomic mass is 10.1. The van der Waals surface area contributed by atoms with Crippen molar-refractivity contribution in [3.8, 4) is 5.75 Å². The summed E-state index contributed by atoms with van der Waals surface area (Å²) in [5, 5.41) is 2.96. The molecule has 0 spiro atoms. The summed E-state index contributed by atoms with van der Waals surface area (Å²) in [6.07, 6.45) is 1.28. The van der Waals surface area contributed by atoms with Crippen molar-refractivity contribution in [3.05, 3.63) is 59.7 Å². The van der Waals surface area contributed by atoms with Gasteiger partial charge in [0, 0.05) is 25.6 Å². The summed E-state index contributed by atoms with van der Waals surface area (Å²) in [5.41, 5.74) is 0.941. The highest BCUT2D eigenvalue weighted by atomic mass is 32.2. The highest BCUT2D eigenvalue weighted by Gasteiger charge is 2.40. The molecular weight excluding hydrogens is 494 g/mol. The normalized spacial score (nSPS) is 15.6. The third-order valence-electron chi connectivity index (χ3n) is 6.54. The molecule has 0 unspecified atom stereocenters. The highest BCUT2D eigenvalue weighted by Crippen LogP contribution is 2.30. The Morgan fingerprint density at radius 2 is 1.81 bits per heavy atom. The number of methoxy groups -OCH3 is 1. The number of nitrogens with zero attached hydrogens (tertiary/aromatic N) is 2. The number of nitrogens with one attached hydrogen (secondary N) is 1. The molecule has 3 amide bonds. The van der Waals surface area contributed by atoms with Gasteiger partial charge in [-0.2, -0.15) is 0 Å². The maximum Gasteiger partial charge on any atom is 0.269 e. The minimum Gasteiger partial charge on any atom is -0.497 e. The van der Waals surface area contributed by atoms with Crippen LogP contribution in [0.4, 0.5) is 0 Å². The summed E-state index contributed by atoms with van der Waals surface area (Å²) < 4.78 is 31.8. The summed E-state index contributed by atoms with van der Waals surface area (Å²) in [4.78, 5) is 40.7. The van der Waals surface area contributed by atoms with Crippen LogP contribution >= 0.6 is 0 Å². The van der Waals surface area contributed by atoms with E-state index in [9.17, 15) is 22.8 Å². The molecule has 1 aliphatic rings. The Bertz CT molecular complexity index is 1250. The van der Waals surface area contributed by atoms with E-state index in [0.717, 1.165) is 16.3 Å². The van der Waals surface area contributed by atoms with Crippen LogP contribution in [0.1, 0.15) is 62.4 Å². The first-order chi connectivity index (χ1) is 17.6. The predicted molar refractivity (Wildman–Crippen MR) is 139 cm³/mol. The van der Waals surface area contributed by atoms with Gasteiger partial charge in [-0.1, -0.05) is 38.1 Å². The average Bonchev–Trinajstić information content (AvgIpc) is 3.09. The fraction of sp³-hybridized carbons (Fsp3) is 0.444. The van der Waals surface area contributed by atoms with Gasteiger partial charge in [-0.05, 0) is 56.0 Å². The van der Waals surface area contributed by atoms with Gasteiger partial charge in [0.05, 0.1) is 12.7 Å². The van der Waals surface area contributed by atoms with E-state index in [1.165, 1.54) is 17.0 Å². The number of benzene rings is 2. The lowest BCUT2D eigenvalue weighted by Gasteiger charge is -2.31. The Balaban J connectivity index is 1.76. The van der Waals surface area contributed by atoms with E-state index in [0.29, 0.717) is 12.2 Å². The Labute approximate surface area is 218 Å². The smallest absolute Gasteiger partial charge is 0.269 e. The molecule has 2 aromatic carbocycles. The fourth-order valence-corrected chi connectivity index (χ4v) is 5.91. The van der Waals surface area contributed by atoms with E-state index in [4.69, 9.17) is 4.74 Å². The van der Waals surface area contributed by atoms with Crippen molar-refractivity contribution in [3.63, 3.8) is 0 Å². The monoisotopic (exact) mass is 529 g/mol. The number of rotatable bonds is 12. The molecule has 0 saturated heterocycles. The molecule has 0 aromatic heterocycles. The van der Waals surface area contributed by atoms with Crippen LogP contribution in [0, 0.1) is 0 Å². The maximum atomic E-state index is 13.5. The van der Waals surface area contributed by atoms with Crippen molar-refractivity contribution in [1.82, 2.24) is 14.5 Å². The Kier molecular flexibility index (Phi) is 9.31. The SMILES string of the molecule is CC[C@@H](C)NC(=O)[C@H](CC)N(Cc1cccc(OC)c1)C(=O)CCCN1C(=O)c2ccccc2S1(=O)=O. The Morgan fingerprint density at radius 3 is 2.46 bits per heavy atom. The second-order valence-corrected chi connectivity index (χ2v) is 10.9. The number of hydrogen-bond donors (Lipinski definition) is 1. The number of sulfonamides is 1. The molecule has 0 bridgehead atoms. The van der Waals surface area contributed by atoms with Crippen LogP contribution in [0.5, 0.6) is 5.75 Å². The van der Waals surface area contributed by atoms with Gasteiger partial charge in [-0.3, -0.25) is 14.4 Å². The molecule has 37 heavy (non-hydrogen) atoms. The maximum absolute atomic E-state index is 13.5. The van der Waals surface area contributed by atoms with Crippen LogP contribution in [0.25, 0.3) is 0 Å². The van der Waals surface area contributed by atoms with E-state index in [1.807, 2.05) is 39.0 Å². The fourth-order valence-electron chi connectivity index (χ4n) is 4.30. The molecule has 0 radical (unpaired) electrons. The van der Waals surface area contributed by atoms with E-state index in [-0.39, 0.29) is 54.2 Å². The number of hydrogen-bond acceptors (Lipinski definition) is 6. The first-order valence-electron chi connectivity index (χ1n) is 12.5. The summed E-state index contributed by atoms with van der Waals surface area (Å²) in [6.45, 7) is 5.79. The molecular formula is C27H35N3O6S. The molecule has 0 fully saturated rings. The minimum absolute atomic E-state index is 0.0151. The van der Waals surface area contributed by atoms with Gasteiger partial charge in [0.2, 0.25) is 11.8 Å². The summed E-state index contributed by atoms with van der Waals surface area (Å²) >= 11 is 0. The van der Waals surface area contributed by atoms with E-state index < -0.39 is 22.0 Å². The zero-order chi connectivity index (χ0) is 27.2. The van der Waals surface area contributed by atoms with Crippen molar-refractivity contribution in [2.75, 3.05) is 13.7 Å². The van der Waals surface area contributed by atoms with Crippen LogP contribution < -0.4 is 10.1 Å². The lowest BCUT2D eigenvalue weighted by molar-refractivity contribution is -0.141. The highest BCUT2D eigenvalue weighted by molar-refractivity contribution is 7.90. The molecule has 1 aliphatic heterocycles. The van der Waals surface area contributed by atoms with Crippen LogP contribution in [0.2, 0.25) is 0 Å². The predicted octanol–water partition coefficient (Wildman–Crippen LogP) is 3.34. The average molecular weight is 530 g/mol. The van der Waals surface area contributed by atoms with Crippen LogP contribution in [0.3, 0.4) is 0 Å². The summed E-state index contributed by atoms with van der Waals surface area (Å²) in [7, 11) is -2.38. The Hall–Kier alpha value is -3.40. The van der Waals surface area contributed by atoms with Crippen molar-refractivity contribution < 1.29 is 27.5 Å². The van der Waals surface area contributed by atoms with Gasteiger partial charge in [0.1, 0.15) is 16.7 Å². The zero-order valence-corrected chi connectivity index (χ0v) is 22.6. The molecule has 3 rings (SSSR count). The van der Waals surface area contributed by atoms with Crippen molar-refractivity contribution >= 4 is 27.7 Å². The first kappa shape index (κ1) is 28.2. The van der Waals surface area contributed by atoms with Crippen LogP contribution in [-0.4, -0.2) is 61.1 Å². The van der Waals surface area contributed by atoms with Crippen molar-refractivity contribution in [1.29, 1.82) is 0 Å². The number of amides is 3. The second kappa shape index (κ2) is 12.2. The van der Waals surface area contributed by atoms with Gasteiger partial charge >= 0.3 is 0 Å². The molecule has 10 heteroatoms. The van der Waals surface area contributed by atoms with E-state index in [2.05, 4.69) is 5.32 Å². The summed E-state index contributed by atoms with van der Waals surface area (Å²) in [5.74, 6) is -0.480. The Morgan fingerprint density at radius 1 is 1.08 bits per heavy atom. The largest absolute Gasteiger partial charge is 0.497 e. The van der Waals surface area contributed by atoms with Gasteiger partial charge in [-0.15, -0.1) is 0 Å². The summed E-state index contributed by atoms with van der Waals surface area (Å²) in [6, 6.07) is 12.6. The third-order valence-corrected chi connectivity index (χ3v) is 8.38. The molecule has 2 aromatic rings. The van der Waals surface area contributed by atoms with Crippen molar-refractivity contribution in [2.24, 2.45) is 0 Å². The van der Waals surface area contributed by atoms with Gasteiger partial charge in [0.15, 0.2) is 0 Å².